The van der Waals surface area contributed by atoms with Gasteiger partial charge in [-0.3, -0.25) is 13.9 Å². The fourth-order valence-electron chi connectivity index (χ4n) is 3.86. The highest BCUT2D eigenvalue weighted by Crippen LogP contribution is 2.30. The quantitative estimate of drug-likeness (QED) is 0.346. The van der Waals surface area contributed by atoms with Gasteiger partial charge in [0.25, 0.3) is 5.56 Å². The number of H-pyrrole nitrogens is 1. The van der Waals surface area contributed by atoms with Crippen LogP contribution in [0.25, 0.3) is 11.2 Å². The maximum absolute atomic E-state index is 13.0. The van der Waals surface area contributed by atoms with Gasteiger partial charge in [-0.25, -0.2) is 4.79 Å². The Bertz CT molecular complexity index is 1410. The second-order valence-corrected chi connectivity index (χ2v) is 9.12. The average Bonchev–Trinajstić information content (AvgIpc) is 3.44. The first-order valence-corrected chi connectivity index (χ1v) is 11.6. The van der Waals surface area contributed by atoms with E-state index in [2.05, 4.69) is 20.1 Å². The Morgan fingerprint density at radius 2 is 1.79 bits per heavy atom. The molecule has 0 amide bonds. The van der Waals surface area contributed by atoms with Crippen LogP contribution in [0, 0.1) is 0 Å². The summed E-state index contributed by atoms with van der Waals surface area (Å²) >= 11 is 5.97. The van der Waals surface area contributed by atoms with E-state index in [9.17, 15) is 14.7 Å². The molecule has 0 fully saturated rings. The molecule has 0 spiro atoms. The molecular weight excluding hydrogens is 460 g/mol. The summed E-state index contributed by atoms with van der Waals surface area (Å²) in [6.45, 7) is 6.60. The first kappa shape index (κ1) is 23.7. The monoisotopic (exact) mass is 486 g/mol. The molecule has 0 radical (unpaired) electrons. The van der Waals surface area contributed by atoms with E-state index in [0.29, 0.717) is 31.1 Å². The molecule has 0 atom stereocenters. The number of aromatic hydroxyl groups is 1. The van der Waals surface area contributed by atoms with Crippen LogP contribution in [0.4, 0.5) is 0 Å². The van der Waals surface area contributed by atoms with Gasteiger partial charge in [-0.1, -0.05) is 30.6 Å². The summed E-state index contributed by atoms with van der Waals surface area (Å²) in [6, 6.07) is 6.87. The molecule has 10 nitrogen and oxygen atoms in total. The number of halogens is 1. The first-order chi connectivity index (χ1) is 16.2. The molecule has 0 saturated carbocycles. The summed E-state index contributed by atoms with van der Waals surface area (Å²) in [5.74, 6) is 1.13. The Balaban J connectivity index is 1.53. The van der Waals surface area contributed by atoms with Crippen molar-refractivity contribution in [1.82, 2.24) is 29.2 Å². The van der Waals surface area contributed by atoms with Crippen molar-refractivity contribution in [2.24, 2.45) is 0 Å². The van der Waals surface area contributed by atoms with Gasteiger partial charge in [0.15, 0.2) is 17.0 Å². The molecule has 0 aliphatic carbocycles. The molecular formula is C23H27ClN6O4. The summed E-state index contributed by atoms with van der Waals surface area (Å²) in [7, 11) is 0. The van der Waals surface area contributed by atoms with Crippen LogP contribution in [-0.4, -0.2) is 34.3 Å². The highest BCUT2D eigenvalue weighted by molar-refractivity contribution is 6.28. The SMILES string of the molecule is CCCCn1c(=O)n(CCCc2nc(C(C)(C)c3ccc(O)cc3)no2)c(=O)c2[nH]c(Cl)nc21. The van der Waals surface area contributed by atoms with Gasteiger partial charge in [0, 0.05) is 19.5 Å². The van der Waals surface area contributed by atoms with Crippen molar-refractivity contribution in [2.75, 3.05) is 0 Å². The zero-order chi connectivity index (χ0) is 24.5. The zero-order valence-corrected chi connectivity index (χ0v) is 20.1. The molecule has 0 saturated heterocycles. The number of phenols is 1. The van der Waals surface area contributed by atoms with Crippen molar-refractivity contribution < 1.29 is 9.63 Å². The van der Waals surface area contributed by atoms with Gasteiger partial charge in [0.2, 0.25) is 11.2 Å². The normalized spacial score (nSPS) is 12.0. The molecule has 180 valence electrons. The minimum atomic E-state index is -0.523. The molecule has 4 aromatic rings. The average molecular weight is 487 g/mol. The van der Waals surface area contributed by atoms with Gasteiger partial charge >= 0.3 is 5.69 Å². The van der Waals surface area contributed by atoms with Crippen LogP contribution in [0.3, 0.4) is 0 Å². The lowest BCUT2D eigenvalue weighted by molar-refractivity contribution is 0.360. The topological polar surface area (TPSA) is 132 Å². The summed E-state index contributed by atoms with van der Waals surface area (Å²) in [6.07, 6.45) is 2.53. The Labute approximate surface area is 200 Å². The van der Waals surface area contributed by atoms with Crippen molar-refractivity contribution in [3.63, 3.8) is 0 Å². The molecule has 3 aromatic heterocycles. The number of nitrogens with zero attached hydrogens (tertiary/aromatic N) is 5. The van der Waals surface area contributed by atoms with Gasteiger partial charge in [0.05, 0.1) is 5.41 Å². The Morgan fingerprint density at radius 1 is 1.09 bits per heavy atom. The Hall–Kier alpha value is -3.40. The smallest absolute Gasteiger partial charge is 0.332 e. The third-order valence-electron chi connectivity index (χ3n) is 5.96. The van der Waals surface area contributed by atoms with Crippen LogP contribution < -0.4 is 11.2 Å². The van der Waals surface area contributed by atoms with E-state index in [0.717, 1.165) is 18.4 Å². The molecule has 3 heterocycles. The van der Waals surface area contributed by atoms with E-state index in [-0.39, 0.29) is 28.7 Å². The van der Waals surface area contributed by atoms with Crippen molar-refractivity contribution in [1.29, 1.82) is 0 Å². The predicted molar refractivity (Wildman–Crippen MR) is 127 cm³/mol. The number of aromatic nitrogens is 6. The third-order valence-corrected chi connectivity index (χ3v) is 6.14. The number of hydrogen-bond donors (Lipinski definition) is 2. The van der Waals surface area contributed by atoms with E-state index in [1.807, 2.05) is 32.9 Å². The number of unbranched alkanes of at least 4 members (excludes halogenated alkanes) is 1. The van der Waals surface area contributed by atoms with Crippen molar-refractivity contribution in [3.05, 3.63) is 67.7 Å². The molecule has 0 aliphatic heterocycles. The van der Waals surface area contributed by atoms with Gasteiger partial charge < -0.3 is 14.6 Å². The standard InChI is InChI=1S/C23H27ClN6O4/c1-4-5-12-29-18-17(26-21(24)27-18)19(32)30(22(29)33)13-6-7-16-25-20(28-34-16)23(2,3)14-8-10-15(31)11-9-14/h8-11,31H,4-7,12-13H2,1-3H3,(H,26,27). The summed E-state index contributed by atoms with van der Waals surface area (Å²) in [5.41, 5.74) is 0.0488. The lowest BCUT2D eigenvalue weighted by atomic mass is 9.84. The first-order valence-electron chi connectivity index (χ1n) is 11.2. The Morgan fingerprint density at radius 3 is 2.50 bits per heavy atom. The molecule has 1 aromatic carbocycles. The highest BCUT2D eigenvalue weighted by Gasteiger charge is 2.29. The summed E-state index contributed by atoms with van der Waals surface area (Å²) in [5, 5.41) is 13.7. The molecule has 0 aliphatic rings. The number of aryl methyl sites for hydroxylation is 2. The second-order valence-electron chi connectivity index (χ2n) is 8.76. The highest BCUT2D eigenvalue weighted by atomic mass is 35.5. The van der Waals surface area contributed by atoms with Crippen molar-refractivity contribution in [3.8, 4) is 5.75 Å². The molecule has 0 unspecified atom stereocenters. The van der Waals surface area contributed by atoms with Crippen LogP contribution in [0.1, 0.15) is 57.3 Å². The largest absolute Gasteiger partial charge is 0.508 e. The molecule has 2 N–H and O–H groups in total. The number of nitrogens with one attached hydrogen (secondary N) is 1. The van der Waals surface area contributed by atoms with Crippen LogP contribution in [0.2, 0.25) is 5.28 Å². The lowest BCUT2D eigenvalue weighted by Crippen LogP contribution is -2.40. The number of rotatable bonds is 9. The number of aromatic amines is 1. The number of imidazole rings is 1. The molecule has 4 rings (SSSR count). The van der Waals surface area contributed by atoms with Gasteiger partial charge in [0.1, 0.15) is 5.75 Å². The minimum absolute atomic E-state index is 0.0733. The predicted octanol–water partition coefficient (Wildman–Crippen LogP) is 3.39. The third kappa shape index (κ3) is 4.50. The van der Waals surface area contributed by atoms with E-state index in [4.69, 9.17) is 16.1 Å². The molecule has 0 bridgehead atoms. The van der Waals surface area contributed by atoms with Gasteiger partial charge in [-0.15, -0.1) is 0 Å². The minimum Gasteiger partial charge on any atom is -0.508 e. The van der Waals surface area contributed by atoms with Gasteiger partial charge in [-0.2, -0.15) is 9.97 Å². The summed E-state index contributed by atoms with van der Waals surface area (Å²) in [4.78, 5) is 37.3. The van der Waals surface area contributed by atoms with Crippen molar-refractivity contribution >= 4 is 22.8 Å². The van der Waals surface area contributed by atoms with Crippen LogP contribution in [0.15, 0.2) is 38.4 Å². The van der Waals surface area contributed by atoms with Crippen molar-refractivity contribution in [2.45, 2.75) is 65.0 Å². The van der Waals surface area contributed by atoms with E-state index < -0.39 is 16.7 Å². The maximum Gasteiger partial charge on any atom is 0.332 e. The Kier molecular flexibility index (Phi) is 6.60. The van der Waals surface area contributed by atoms with E-state index >= 15 is 0 Å². The lowest BCUT2D eigenvalue weighted by Gasteiger charge is -2.20. The zero-order valence-electron chi connectivity index (χ0n) is 19.3. The number of phenolic OH excluding ortho intramolecular Hbond substituents is 1. The fourth-order valence-corrected chi connectivity index (χ4v) is 4.03. The summed E-state index contributed by atoms with van der Waals surface area (Å²) < 4.78 is 8.12. The van der Waals surface area contributed by atoms with E-state index in [1.54, 1.807) is 12.1 Å². The number of fused-ring (bicyclic) bond motifs is 1. The molecule has 34 heavy (non-hydrogen) atoms. The number of hydrogen-bond acceptors (Lipinski definition) is 7. The van der Waals surface area contributed by atoms with Crippen LogP contribution in [0.5, 0.6) is 5.75 Å². The second kappa shape index (κ2) is 9.46. The van der Waals surface area contributed by atoms with Crippen LogP contribution in [-0.2, 0) is 24.9 Å². The van der Waals surface area contributed by atoms with Crippen LogP contribution >= 0.6 is 11.6 Å². The number of benzene rings is 1. The van der Waals surface area contributed by atoms with E-state index in [1.165, 1.54) is 9.13 Å². The molecule has 11 heteroatoms. The fraction of sp³-hybridized carbons (Fsp3) is 0.435. The van der Waals surface area contributed by atoms with Gasteiger partial charge in [-0.05, 0) is 56.0 Å². The maximum atomic E-state index is 13.0.